The van der Waals surface area contributed by atoms with Crippen molar-refractivity contribution in [1.82, 2.24) is 10.4 Å². The van der Waals surface area contributed by atoms with Gasteiger partial charge < -0.3 is 0 Å². The van der Waals surface area contributed by atoms with Gasteiger partial charge in [-0.25, -0.2) is 14.0 Å². The summed E-state index contributed by atoms with van der Waals surface area (Å²) in [5, 5.41) is 3.43. The van der Waals surface area contributed by atoms with Gasteiger partial charge in [-0.1, -0.05) is 0 Å². The first kappa shape index (κ1) is 19.3. The molecule has 3 amide bonds. The molecule has 2 heterocycles. The van der Waals surface area contributed by atoms with Gasteiger partial charge in [-0.2, -0.15) is 33.7 Å². The molecule has 0 saturated carbocycles. The van der Waals surface area contributed by atoms with Crippen molar-refractivity contribution < 1.29 is 37.3 Å². The van der Waals surface area contributed by atoms with Crippen LogP contribution >= 0.6 is 7.94 Å². The summed E-state index contributed by atoms with van der Waals surface area (Å²) in [6, 6.07) is -1.00. The first-order valence-electron chi connectivity index (χ1n) is 7.71. The zero-order chi connectivity index (χ0) is 17.9. The van der Waals surface area contributed by atoms with Crippen molar-refractivity contribution in [3.8, 4) is 0 Å². The Labute approximate surface area is 139 Å². The number of hydroxylamine groups is 2. The van der Waals surface area contributed by atoms with Crippen LogP contribution in [-0.2, 0) is 18.7 Å². The number of nitrogens with zero attached hydrogens (tertiary/aromatic N) is 2. The van der Waals surface area contributed by atoms with E-state index >= 15 is 0 Å². The van der Waals surface area contributed by atoms with E-state index in [4.69, 9.17) is 13.9 Å². The van der Waals surface area contributed by atoms with Crippen LogP contribution < -0.4 is 5.32 Å². The largest absolute Gasteiger partial charge is 0.498 e. The molecule has 2 aliphatic heterocycles. The lowest BCUT2D eigenvalue weighted by Gasteiger charge is -2.20. The summed E-state index contributed by atoms with van der Waals surface area (Å²) in [5.41, 5.74) is 0. The summed E-state index contributed by atoms with van der Waals surface area (Å²) in [7, 11) is -1.56. The van der Waals surface area contributed by atoms with E-state index in [2.05, 4.69) is 0 Å². The van der Waals surface area contributed by atoms with Gasteiger partial charge >= 0.3 is 19.9 Å². The molecule has 0 spiro atoms. The van der Waals surface area contributed by atoms with Crippen LogP contribution in [0.5, 0.6) is 0 Å². The number of hydrogen-bond acceptors (Lipinski definition) is 7. The van der Waals surface area contributed by atoms with Gasteiger partial charge in [0, 0.05) is 13.5 Å². The quantitative estimate of drug-likeness (QED) is 0.498. The summed E-state index contributed by atoms with van der Waals surface area (Å²) in [6.07, 6.45) is -0.597. The molecule has 3 atom stereocenters. The highest BCUT2D eigenvalue weighted by molar-refractivity contribution is 7.61. The Bertz CT molecular complexity index is 528. The van der Waals surface area contributed by atoms with Crippen molar-refractivity contribution in [3.05, 3.63) is 0 Å². The van der Waals surface area contributed by atoms with Crippen molar-refractivity contribution in [3.63, 3.8) is 0 Å². The molecule has 0 aromatic carbocycles. The summed E-state index contributed by atoms with van der Waals surface area (Å²) in [4.78, 5) is 39.1. The summed E-state index contributed by atoms with van der Waals surface area (Å²) in [6.45, 7) is 4.13. The van der Waals surface area contributed by atoms with Gasteiger partial charge in [0.25, 0.3) is 12.0 Å². The number of carbonyl (C=O) groups excluding carboxylic acids is 2. The van der Waals surface area contributed by atoms with Gasteiger partial charge in [-0.15, -0.1) is 0 Å². The van der Waals surface area contributed by atoms with Gasteiger partial charge in [0.15, 0.2) is 0 Å². The third-order valence-electron chi connectivity index (χ3n) is 3.73. The van der Waals surface area contributed by atoms with Crippen LogP contribution in [0.1, 0.15) is 20.3 Å². The van der Waals surface area contributed by atoms with E-state index in [0.717, 1.165) is 10.8 Å². The molecule has 1 saturated heterocycles. The number of imide groups is 1. The summed E-state index contributed by atoms with van der Waals surface area (Å²) < 4.78 is 25.3. The second-order valence-electron chi connectivity index (χ2n) is 5.39. The van der Waals surface area contributed by atoms with Crippen molar-refractivity contribution in [2.75, 3.05) is 26.8 Å². The fourth-order valence-corrected chi connectivity index (χ4v) is 4.49. The number of urea groups is 1. The van der Waals surface area contributed by atoms with Gasteiger partial charge in [0.05, 0.1) is 19.3 Å². The maximum Gasteiger partial charge on any atom is 0.498 e. The molecule has 11 heteroatoms. The maximum atomic E-state index is 13.5. The molecule has 2 aliphatic rings. The molecular formula is C13H23FN3O6P+2. The van der Waals surface area contributed by atoms with Crippen molar-refractivity contribution in [2.45, 2.75) is 38.3 Å². The first-order valence-corrected chi connectivity index (χ1v) is 9.36. The minimum absolute atomic E-state index is 0.102. The monoisotopic (exact) mass is 367 g/mol. The Kier molecular flexibility index (Phi) is 6.35. The zero-order valence-electron chi connectivity index (χ0n) is 13.8. The summed E-state index contributed by atoms with van der Waals surface area (Å²) >= 11 is 0. The standard InChI is InChI=1S/C13H22FN3O6P/c1-4-21-24(20,22-5-2)11-6-9(16(3)23-11)7-17-8-10(14)12(18)15-13(17)19/h8-11,20H,4-7H2,1-3H3/q+1/p+1/t9-,10?,11+/m1/s1. The van der Waals surface area contributed by atoms with Crippen LogP contribution in [0.3, 0.4) is 0 Å². The number of hydrogen-bond donors (Lipinski definition) is 2. The average molecular weight is 367 g/mol. The summed E-state index contributed by atoms with van der Waals surface area (Å²) in [5.74, 6) is -1.67. The van der Waals surface area contributed by atoms with Gasteiger partial charge in [-0.05, 0) is 13.8 Å². The molecule has 2 rings (SSSR count). The Hall–Kier alpha value is -1.03. The number of carbonyl (C=O) groups is 2. The van der Waals surface area contributed by atoms with E-state index in [1.165, 1.54) is 5.06 Å². The number of amides is 3. The van der Waals surface area contributed by atoms with Crippen molar-refractivity contribution >= 4 is 26.1 Å². The molecule has 2 N–H and O–H groups in total. The molecule has 24 heavy (non-hydrogen) atoms. The molecule has 1 fully saturated rings. The Balaban J connectivity index is 2.07. The van der Waals surface area contributed by atoms with Crippen LogP contribution in [0, 0.1) is 0 Å². The number of rotatable bonds is 7. The van der Waals surface area contributed by atoms with E-state index < -0.39 is 31.9 Å². The molecule has 9 nitrogen and oxygen atoms in total. The minimum Gasteiger partial charge on any atom is -0.248 e. The van der Waals surface area contributed by atoms with E-state index in [0.29, 0.717) is 6.42 Å². The van der Waals surface area contributed by atoms with Crippen molar-refractivity contribution in [1.29, 1.82) is 0 Å². The molecule has 0 radical (unpaired) electrons. The number of alkyl halides is 1. The number of halogens is 1. The van der Waals surface area contributed by atoms with Crippen LogP contribution in [0.2, 0.25) is 0 Å². The van der Waals surface area contributed by atoms with E-state index in [9.17, 15) is 18.9 Å². The Morgan fingerprint density at radius 3 is 2.67 bits per heavy atom. The Morgan fingerprint density at radius 1 is 1.46 bits per heavy atom. The second kappa shape index (κ2) is 7.90. The highest BCUT2D eigenvalue weighted by Gasteiger charge is 2.57. The number of nitrogens with one attached hydrogen (secondary N) is 1. The van der Waals surface area contributed by atoms with Crippen molar-refractivity contribution in [2.24, 2.45) is 0 Å². The second-order valence-corrected chi connectivity index (χ2v) is 7.61. The molecule has 0 bridgehead atoms. The van der Waals surface area contributed by atoms with E-state index in [1.807, 2.05) is 5.32 Å². The normalized spacial score (nSPS) is 28.9. The third kappa shape index (κ3) is 4.14. The lowest BCUT2D eigenvalue weighted by molar-refractivity contribution is -0.438. The lowest BCUT2D eigenvalue weighted by atomic mass is 10.2. The topological polar surface area (TPSA) is 100 Å². The van der Waals surface area contributed by atoms with E-state index in [1.54, 1.807) is 20.9 Å². The van der Waals surface area contributed by atoms with Crippen LogP contribution in [0.25, 0.3) is 0 Å². The van der Waals surface area contributed by atoms with Crippen LogP contribution in [0.4, 0.5) is 9.18 Å². The highest BCUT2D eigenvalue weighted by Crippen LogP contribution is 2.64. The van der Waals surface area contributed by atoms with Gasteiger partial charge in [0.2, 0.25) is 0 Å². The smallest absolute Gasteiger partial charge is 0.248 e. The average Bonchev–Trinajstić information content (AvgIpc) is 2.87. The fraction of sp³-hybridized carbons (Fsp3) is 0.769. The lowest BCUT2D eigenvalue weighted by Crippen LogP contribution is -2.51. The Morgan fingerprint density at radius 2 is 2.08 bits per heavy atom. The molecule has 0 aromatic heterocycles. The van der Waals surface area contributed by atoms with Gasteiger partial charge in [0.1, 0.15) is 12.8 Å². The molecule has 136 valence electrons. The first-order chi connectivity index (χ1) is 11.3. The predicted octanol–water partition coefficient (Wildman–Crippen LogP) is 0.447. The molecule has 1 unspecified atom stereocenters. The number of likely N-dealkylation sites (N-methyl/N-ethyl adjacent to an activating group) is 1. The third-order valence-corrected chi connectivity index (χ3v) is 6.02. The predicted molar refractivity (Wildman–Crippen MR) is 83.1 cm³/mol. The molecule has 0 aliphatic carbocycles. The van der Waals surface area contributed by atoms with Crippen LogP contribution in [0.15, 0.2) is 0 Å². The van der Waals surface area contributed by atoms with E-state index in [-0.39, 0.29) is 25.8 Å². The minimum atomic E-state index is -3.20. The molecular weight excluding hydrogens is 344 g/mol. The van der Waals surface area contributed by atoms with Gasteiger partial charge in [-0.3, -0.25) is 0 Å². The fourth-order valence-electron chi connectivity index (χ4n) is 2.57. The molecule has 0 aromatic rings. The highest BCUT2D eigenvalue weighted by atomic mass is 31.2. The van der Waals surface area contributed by atoms with Crippen LogP contribution in [-0.4, -0.2) is 77.5 Å². The zero-order valence-corrected chi connectivity index (χ0v) is 14.7. The maximum absolute atomic E-state index is 13.5. The SMILES string of the molecule is CCO[P+](O)(OCC)[C@H]1C[C@H](C[N+]2=CC(F)C(=O)NC2=O)N(C)O1.